The third-order valence-electron chi connectivity index (χ3n) is 4.10. The van der Waals surface area contributed by atoms with Gasteiger partial charge in [0.2, 0.25) is 5.91 Å². The highest BCUT2D eigenvalue weighted by Crippen LogP contribution is 2.32. The Morgan fingerprint density at radius 1 is 1.31 bits per heavy atom. The summed E-state index contributed by atoms with van der Waals surface area (Å²) in [6.45, 7) is 6.35. The first-order chi connectivity index (χ1) is 7.49. The number of carbonyl (C=O) groups is 1. The third kappa shape index (κ3) is 2.40. The molecule has 0 aromatic rings. The van der Waals surface area contributed by atoms with Crippen molar-refractivity contribution in [2.45, 2.75) is 52.0 Å². The first-order valence-electron chi connectivity index (χ1n) is 6.54. The molecule has 1 amide bonds. The number of piperidine rings is 1. The molecule has 2 unspecified atom stereocenters. The van der Waals surface area contributed by atoms with Crippen molar-refractivity contribution in [3.63, 3.8) is 0 Å². The SMILES string of the molecule is CC1(C)CCCN(C(=O)C2CCCC2N)C1. The number of amides is 1. The molecule has 1 aliphatic carbocycles. The zero-order chi connectivity index (χ0) is 11.8. The maximum atomic E-state index is 12.3. The van der Waals surface area contributed by atoms with Crippen molar-refractivity contribution in [3.8, 4) is 0 Å². The number of carbonyl (C=O) groups excluding carboxylic acids is 1. The van der Waals surface area contributed by atoms with Gasteiger partial charge in [-0.15, -0.1) is 0 Å². The van der Waals surface area contributed by atoms with Crippen molar-refractivity contribution in [3.05, 3.63) is 0 Å². The lowest BCUT2D eigenvalue weighted by molar-refractivity contribution is -0.138. The largest absolute Gasteiger partial charge is 0.342 e. The van der Waals surface area contributed by atoms with E-state index in [-0.39, 0.29) is 17.4 Å². The molecule has 2 rings (SSSR count). The molecule has 1 aliphatic heterocycles. The van der Waals surface area contributed by atoms with Gasteiger partial charge in [-0.25, -0.2) is 0 Å². The summed E-state index contributed by atoms with van der Waals surface area (Å²) in [5.41, 5.74) is 6.29. The lowest BCUT2D eigenvalue weighted by Gasteiger charge is -2.39. The Hall–Kier alpha value is -0.570. The second-order valence-electron chi connectivity index (χ2n) is 6.23. The summed E-state index contributed by atoms with van der Waals surface area (Å²) in [7, 11) is 0. The first kappa shape index (κ1) is 11.9. The van der Waals surface area contributed by atoms with Crippen LogP contribution in [-0.4, -0.2) is 29.9 Å². The van der Waals surface area contributed by atoms with Gasteiger partial charge in [0.05, 0.1) is 5.92 Å². The molecule has 2 fully saturated rings. The summed E-state index contributed by atoms with van der Waals surface area (Å²) in [6.07, 6.45) is 5.51. The molecule has 0 bridgehead atoms. The summed E-state index contributed by atoms with van der Waals surface area (Å²) in [6, 6.07) is 0.109. The summed E-state index contributed by atoms with van der Waals surface area (Å²) < 4.78 is 0. The van der Waals surface area contributed by atoms with E-state index in [1.807, 2.05) is 0 Å². The van der Waals surface area contributed by atoms with Crippen LogP contribution in [0.3, 0.4) is 0 Å². The van der Waals surface area contributed by atoms with Gasteiger partial charge in [-0.3, -0.25) is 4.79 Å². The van der Waals surface area contributed by atoms with Crippen molar-refractivity contribution in [1.29, 1.82) is 0 Å². The second kappa shape index (κ2) is 4.36. The van der Waals surface area contributed by atoms with Crippen LogP contribution in [0.15, 0.2) is 0 Å². The summed E-state index contributed by atoms with van der Waals surface area (Å²) >= 11 is 0. The lowest BCUT2D eigenvalue weighted by Crippen LogP contribution is -2.48. The van der Waals surface area contributed by atoms with Gasteiger partial charge in [-0.1, -0.05) is 20.3 Å². The minimum atomic E-state index is 0.105. The van der Waals surface area contributed by atoms with E-state index in [1.54, 1.807) is 0 Å². The van der Waals surface area contributed by atoms with E-state index in [0.29, 0.717) is 5.91 Å². The van der Waals surface area contributed by atoms with E-state index >= 15 is 0 Å². The van der Waals surface area contributed by atoms with Crippen LogP contribution in [0.25, 0.3) is 0 Å². The Balaban J connectivity index is 1.99. The van der Waals surface area contributed by atoms with Crippen LogP contribution in [0.2, 0.25) is 0 Å². The standard InChI is InChI=1S/C13H24N2O/c1-13(2)7-4-8-15(9-13)12(16)10-5-3-6-11(10)14/h10-11H,3-9,14H2,1-2H3. The fourth-order valence-electron chi connectivity index (χ4n) is 3.14. The Morgan fingerprint density at radius 2 is 2.06 bits per heavy atom. The molecule has 1 saturated carbocycles. The Morgan fingerprint density at radius 3 is 2.62 bits per heavy atom. The van der Waals surface area contributed by atoms with Crippen LogP contribution in [0.1, 0.15) is 46.0 Å². The Kier molecular flexibility index (Phi) is 3.24. The molecule has 92 valence electrons. The highest BCUT2D eigenvalue weighted by molar-refractivity contribution is 5.80. The minimum Gasteiger partial charge on any atom is -0.342 e. The number of nitrogens with two attached hydrogens (primary N) is 1. The summed E-state index contributed by atoms with van der Waals surface area (Å²) in [5, 5.41) is 0. The van der Waals surface area contributed by atoms with Gasteiger partial charge in [0, 0.05) is 19.1 Å². The number of hydrogen-bond acceptors (Lipinski definition) is 2. The number of rotatable bonds is 1. The fraction of sp³-hybridized carbons (Fsp3) is 0.923. The average Bonchev–Trinajstić information content (AvgIpc) is 2.62. The van der Waals surface area contributed by atoms with Crippen molar-refractivity contribution < 1.29 is 4.79 Å². The van der Waals surface area contributed by atoms with Gasteiger partial charge in [0.15, 0.2) is 0 Å². The number of nitrogens with zero attached hydrogens (tertiary/aromatic N) is 1. The van der Waals surface area contributed by atoms with Gasteiger partial charge in [0.1, 0.15) is 0 Å². The van der Waals surface area contributed by atoms with Crippen LogP contribution in [0.5, 0.6) is 0 Å². The predicted octanol–water partition coefficient (Wildman–Crippen LogP) is 1.76. The molecule has 2 aliphatic rings. The van der Waals surface area contributed by atoms with Crippen LogP contribution >= 0.6 is 0 Å². The predicted molar refractivity (Wildman–Crippen MR) is 64.9 cm³/mol. The molecule has 3 heteroatoms. The zero-order valence-electron chi connectivity index (χ0n) is 10.5. The van der Waals surface area contributed by atoms with E-state index in [2.05, 4.69) is 18.7 Å². The fourth-order valence-corrected chi connectivity index (χ4v) is 3.14. The highest BCUT2D eigenvalue weighted by Gasteiger charge is 2.36. The highest BCUT2D eigenvalue weighted by atomic mass is 16.2. The van der Waals surface area contributed by atoms with Gasteiger partial charge in [-0.2, -0.15) is 0 Å². The minimum absolute atomic E-state index is 0.105. The molecule has 3 nitrogen and oxygen atoms in total. The maximum Gasteiger partial charge on any atom is 0.227 e. The normalized spacial score (nSPS) is 34.1. The van der Waals surface area contributed by atoms with E-state index in [4.69, 9.17) is 5.73 Å². The van der Waals surface area contributed by atoms with E-state index in [9.17, 15) is 4.79 Å². The molecule has 2 N–H and O–H groups in total. The van der Waals surface area contributed by atoms with Crippen LogP contribution in [-0.2, 0) is 4.79 Å². The molecular weight excluding hydrogens is 200 g/mol. The van der Waals surface area contributed by atoms with E-state index < -0.39 is 0 Å². The van der Waals surface area contributed by atoms with Crippen LogP contribution in [0, 0.1) is 11.3 Å². The smallest absolute Gasteiger partial charge is 0.227 e. The van der Waals surface area contributed by atoms with Gasteiger partial charge < -0.3 is 10.6 Å². The molecule has 0 radical (unpaired) electrons. The lowest BCUT2D eigenvalue weighted by atomic mass is 9.83. The van der Waals surface area contributed by atoms with Crippen molar-refractivity contribution in [2.24, 2.45) is 17.1 Å². The molecule has 0 aromatic heterocycles. The zero-order valence-corrected chi connectivity index (χ0v) is 10.5. The Labute approximate surface area is 98.4 Å². The molecule has 2 atom stereocenters. The summed E-state index contributed by atoms with van der Waals surface area (Å²) in [4.78, 5) is 14.4. The summed E-state index contributed by atoms with van der Waals surface area (Å²) in [5.74, 6) is 0.423. The van der Waals surface area contributed by atoms with E-state index in [1.165, 1.54) is 6.42 Å². The van der Waals surface area contributed by atoms with Gasteiger partial charge in [-0.05, 0) is 31.1 Å². The molecule has 1 saturated heterocycles. The van der Waals surface area contributed by atoms with Gasteiger partial charge >= 0.3 is 0 Å². The molecule has 0 aromatic carbocycles. The number of likely N-dealkylation sites (tertiary alicyclic amines) is 1. The first-order valence-corrected chi connectivity index (χ1v) is 6.54. The topological polar surface area (TPSA) is 46.3 Å². The molecular formula is C13H24N2O. The quantitative estimate of drug-likeness (QED) is 0.737. The maximum absolute atomic E-state index is 12.3. The van der Waals surface area contributed by atoms with Crippen molar-refractivity contribution in [2.75, 3.05) is 13.1 Å². The molecule has 16 heavy (non-hydrogen) atoms. The van der Waals surface area contributed by atoms with E-state index in [0.717, 1.165) is 38.8 Å². The van der Waals surface area contributed by atoms with Crippen LogP contribution in [0.4, 0.5) is 0 Å². The second-order valence-corrected chi connectivity index (χ2v) is 6.23. The van der Waals surface area contributed by atoms with Gasteiger partial charge in [0.25, 0.3) is 0 Å². The average molecular weight is 224 g/mol. The molecule has 1 heterocycles. The molecule has 0 spiro atoms. The number of hydrogen-bond donors (Lipinski definition) is 1. The van der Waals surface area contributed by atoms with Crippen LogP contribution < -0.4 is 5.73 Å². The van der Waals surface area contributed by atoms with Crippen molar-refractivity contribution in [1.82, 2.24) is 4.90 Å². The van der Waals surface area contributed by atoms with Crippen molar-refractivity contribution >= 4 is 5.91 Å². The monoisotopic (exact) mass is 224 g/mol. The third-order valence-corrected chi connectivity index (χ3v) is 4.10. The Bertz CT molecular complexity index is 275.